The van der Waals surface area contributed by atoms with Gasteiger partial charge in [0.05, 0.1) is 48.6 Å². The smallest absolute Gasteiger partial charge is 0.256 e. The first-order valence-corrected chi connectivity index (χ1v) is 10.3. The number of benzene rings is 2. The van der Waals surface area contributed by atoms with Gasteiger partial charge in [0, 0.05) is 18.9 Å². The fourth-order valence-corrected chi connectivity index (χ4v) is 3.96. The summed E-state index contributed by atoms with van der Waals surface area (Å²) in [4.78, 5) is 16.6. The number of morpholine rings is 1. The molecule has 9 heteroatoms. The Kier molecular flexibility index (Phi) is 5.47. The van der Waals surface area contributed by atoms with Crippen LogP contribution in [0, 0.1) is 5.82 Å². The van der Waals surface area contributed by atoms with Crippen LogP contribution in [0.2, 0.25) is 0 Å². The van der Waals surface area contributed by atoms with Crippen molar-refractivity contribution in [3.63, 3.8) is 0 Å². The van der Waals surface area contributed by atoms with E-state index in [1.54, 1.807) is 15.8 Å². The molecule has 5 rings (SSSR count). The number of hydrogen-bond acceptors (Lipinski definition) is 5. The molecular formula is C23H21FN6O2. The van der Waals surface area contributed by atoms with Crippen molar-refractivity contribution >= 4 is 5.91 Å². The number of carbonyl (C=O) groups is 1. The number of aromatic nitrogens is 5. The van der Waals surface area contributed by atoms with Crippen molar-refractivity contribution in [2.24, 2.45) is 0 Å². The summed E-state index contributed by atoms with van der Waals surface area (Å²) in [5.41, 5.74) is 2.66. The maximum atomic E-state index is 14.1. The van der Waals surface area contributed by atoms with Crippen LogP contribution in [-0.4, -0.2) is 61.4 Å². The van der Waals surface area contributed by atoms with Crippen LogP contribution in [0.3, 0.4) is 0 Å². The highest BCUT2D eigenvalue weighted by molar-refractivity contribution is 5.98. The van der Waals surface area contributed by atoms with Gasteiger partial charge in [-0.1, -0.05) is 12.1 Å². The highest BCUT2D eigenvalue weighted by Crippen LogP contribution is 2.22. The summed E-state index contributed by atoms with van der Waals surface area (Å²) in [5, 5.41) is 12.5. The molecule has 1 atom stereocenters. The second kappa shape index (κ2) is 8.72. The molecule has 1 unspecified atom stereocenters. The normalized spacial score (nSPS) is 16.3. The molecule has 0 saturated carbocycles. The second-order valence-corrected chi connectivity index (χ2v) is 7.53. The highest BCUT2D eigenvalue weighted by Gasteiger charge is 2.30. The molecule has 1 saturated heterocycles. The molecule has 32 heavy (non-hydrogen) atoms. The molecule has 4 aromatic rings. The third kappa shape index (κ3) is 4.02. The van der Waals surface area contributed by atoms with E-state index in [0.29, 0.717) is 31.9 Å². The maximum absolute atomic E-state index is 14.1. The van der Waals surface area contributed by atoms with E-state index in [9.17, 15) is 9.18 Å². The number of hydrogen-bond donors (Lipinski definition) is 0. The first-order chi connectivity index (χ1) is 15.7. The van der Waals surface area contributed by atoms with Crippen LogP contribution >= 0.6 is 0 Å². The highest BCUT2D eigenvalue weighted by atomic mass is 19.1. The van der Waals surface area contributed by atoms with E-state index < -0.39 is 5.82 Å². The molecule has 0 N–H and O–H groups in total. The molecule has 2 aromatic carbocycles. The van der Waals surface area contributed by atoms with Gasteiger partial charge in [-0.25, -0.2) is 9.07 Å². The Labute approximate surface area is 183 Å². The summed E-state index contributed by atoms with van der Waals surface area (Å²) in [7, 11) is 0. The predicted molar refractivity (Wildman–Crippen MR) is 114 cm³/mol. The van der Waals surface area contributed by atoms with Crippen LogP contribution in [0.15, 0.2) is 73.3 Å². The minimum Gasteiger partial charge on any atom is -0.377 e. The van der Waals surface area contributed by atoms with Gasteiger partial charge in [-0.2, -0.15) is 20.1 Å². The first kappa shape index (κ1) is 20.1. The predicted octanol–water partition coefficient (Wildman–Crippen LogP) is 2.68. The summed E-state index contributed by atoms with van der Waals surface area (Å²) in [5.74, 6) is -0.755. The van der Waals surface area contributed by atoms with Crippen molar-refractivity contribution in [3.8, 4) is 11.4 Å². The third-order valence-electron chi connectivity index (χ3n) is 5.46. The van der Waals surface area contributed by atoms with E-state index in [4.69, 9.17) is 4.74 Å². The Balaban J connectivity index is 1.43. The largest absolute Gasteiger partial charge is 0.377 e. The number of halogens is 1. The lowest BCUT2D eigenvalue weighted by Crippen LogP contribution is -2.50. The molecule has 1 aliphatic rings. The molecule has 162 valence electrons. The van der Waals surface area contributed by atoms with Crippen LogP contribution in [0.1, 0.15) is 15.9 Å². The Hall–Kier alpha value is -3.85. The van der Waals surface area contributed by atoms with E-state index in [-0.39, 0.29) is 17.5 Å². The average Bonchev–Trinajstić information content (AvgIpc) is 3.54. The molecule has 8 nitrogen and oxygen atoms in total. The summed E-state index contributed by atoms with van der Waals surface area (Å²) in [6, 6.07) is 13.8. The monoisotopic (exact) mass is 432 g/mol. The van der Waals surface area contributed by atoms with E-state index in [1.165, 1.54) is 35.4 Å². The number of ether oxygens (including phenoxy) is 1. The standard InChI is InChI=1S/C23H21FN6O2/c24-18-5-6-22(30-26-8-9-27-30)21(15-18)23(31)28-11-12-32-16-20(28)14-17-3-1-4-19(13-17)29-10-2-7-25-29/h1-10,13,15,20H,11-12,14,16H2. The first-order valence-electron chi connectivity index (χ1n) is 10.3. The van der Waals surface area contributed by atoms with Crippen LogP contribution in [0.25, 0.3) is 11.4 Å². The number of carbonyl (C=O) groups excluding carboxylic acids is 1. The molecule has 0 aliphatic carbocycles. The summed E-state index contributed by atoms with van der Waals surface area (Å²) >= 11 is 0. The maximum Gasteiger partial charge on any atom is 0.256 e. The molecule has 1 aliphatic heterocycles. The SMILES string of the molecule is O=C(c1cc(F)ccc1-n1nccn1)N1CCOCC1Cc1cccc(-n2cccn2)c1. The topological polar surface area (TPSA) is 78.1 Å². The van der Waals surface area contributed by atoms with Gasteiger partial charge in [-0.15, -0.1) is 0 Å². The fraction of sp³-hybridized carbons (Fsp3) is 0.217. The minimum atomic E-state index is -0.485. The van der Waals surface area contributed by atoms with Gasteiger partial charge in [-0.05, 0) is 48.4 Å². The van der Waals surface area contributed by atoms with Crippen molar-refractivity contribution < 1.29 is 13.9 Å². The van der Waals surface area contributed by atoms with Crippen molar-refractivity contribution in [1.29, 1.82) is 0 Å². The van der Waals surface area contributed by atoms with Crippen molar-refractivity contribution in [1.82, 2.24) is 29.7 Å². The number of amides is 1. The van der Waals surface area contributed by atoms with Gasteiger partial charge in [0.1, 0.15) is 5.82 Å². The van der Waals surface area contributed by atoms with Crippen LogP contribution in [-0.2, 0) is 11.2 Å². The van der Waals surface area contributed by atoms with Crippen molar-refractivity contribution in [3.05, 3.63) is 90.3 Å². The van der Waals surface area contributed by atoms with Crippen molar-refractivity contribution in [2.75, 3.05) is 19.8 Å². The van der Waals surface area contributed by atoms with E-state index >= 15 is 0 Å². The number of rotatable bonds is 5. The van der Waals surface area contributed by atoms with Gasteiger partial charge >= 0.3 is 0 Å². The minimum absolute atomic E-state index is 0.189. The zero-order chi connectivity index (χ0) is 21.9. The van der Waals surface area contributed by atoms with Gasteiger partial charge in [0.15, 0.2) is 0 Å². The molecule has 2 aromatic heterocycles. The third-order valence-corrected chi connectivity index (χ3v) is 5.46. The van der Waals surface area contributed by atoms with Gasteiger partial charge in [-0.3, -0.25) is 4.79 Å². The Morgan fingerprint density at radius 3 is 2.75 bits per heavy atom. The van der Waals surface area contributed by atoms with Gasteiger partial charge in [0.25, 0.3) is 5.91 Å². The summed E-state index contributed by atoms with van der Waals surface area (Å²) in [6.45, 7) is 1.26. The summed E-state index contributed by atoms with van der Waals surface area (Å²) < 4.78 is 21.6. The zero-order valence-electron chi connectivity index (χ0n) is 17.2. The van der Waals surface area contributed by atoms with Gasteiger partial charge < -0.3 is 9.64 Å². The lowest BCUT2D eigenvalue weighted by Gasteiger charge is -2.36. The summed E-state index contributed by atoms with van der Waals surface area (Å²) in [6.07, 6.45) is 7.25. The van der Waals surface area contributed by atoms with Crippen molar-refractivity contribution in [2.45, 2.75) is 12.5 Å². The lowest BCUT2D eigenvalue weighted by molar-refractivity contribution is -0.00167. The van der Waals surface area contributed by atoms with Crippen LogP contribution < -0.4 is 0 Å². The number of nitrogens with zero attached hydrogens (tertiary/aromatic N) is 6. The average molecular weight is 432 g/mol. The van der Waals surface area contributed by atoms with E-state index in [1.807, 2.05) is 36.5 Å². The van der Waals surface area contributed by atoms with Crippen LogP contribution in [0.5, 0.6) is 0 Å². The molecule has 0 bridgehead atoms. The van der Waals surface area contributed by atoms with Gasteiger partial charge in [0.2, 0.25) is 0 Å². The molecule has 0 spiro atoms. The van der Waals surface area contributed by atoms with E-state index in [2.05, 4.69) is 15.3 Å². The molecule has 0 radical (unpaired) electrons. The van der Waals surface area contributed by atoms with Crippen LogP contribution in [0.4, 0.5) is 4.39 Å². The Bertz CT molecular complexity index is 1210. The Morgan fingerprint density at radius 1 is 1.06 bits per heavy atom. The molecule has 3 heterocycles. The lowest BCUT2D eigenvalue weighted by atomic mass is 10.0. The molecule has 1 fully saturated rings. The second-order valence-electron chi connectivity index (χ2n) is 7.53. The van der Waals surface area contributed by atoms with E-state index in [0.717, 1.165) is 11.3 Å². The Morgan fingerprint density at radius 2 is 1.94 bits per heavy atom. The molecular weight excluding hydrogens is 411 g/mol. The quantitative estimate of drug-likeness (QED) is 0.485. The fourth-order valence-electron chi connectivity index (χ4n) is 3.96. The molecule has 1 amide bonds. The zero-order valence-corrected chi connectivity index (χ0v) is 17.2.